The highest BCUT2D eigenvalue weighted by Crippen LogP contribution is 2.16. The maximum absolute atomic E-state index is 12.2. The summed E-state index contributed by atoms with van der Waals surface area (Å²) in [6.45, 7) is 1.74. The van der Waals surface area contributed by atoms with E-state index in [1.54, 1.807) is 7.05 Å². The molecule has 1 atom stereocenters. The number of anilines is 1. The van der Waals surface area contributed by atoms with Crippen molar-refractivity contribution in [3.8, 4) is 0 Å². The first-order valence-electron chi connectivity index (χ1n) is 6.42. The summed E-state index contributed by atoms with van der Waals surface area (Å²) >= 11 is 0. The van der Waals surface area contributed by atoms with Gasteiger partial charge in [0.05, 0.1) is 4.90 Å². The fourth-order valence-corrected chi connectivity index (χ4v) is 3.38. The second-order valence-corrected chi connectivity index (χ2v) is 6.72. The van der Waals surface area contributed by atoms with E-state index in [1.165, 1.54) is 36.1 Å². The van der Waals surface area contributed by atoms with Gasteiger partial charge in [0, 0.05) is 38.7 Å². The third-order valence-corrected chi connectivity index (χ3v) is 4.68. The maximum Gasteiger partial charge on any atom is 0.240 e. The van der Waals surface area contributed by atoms with Crippen LogP contribution >= 0.6 is 0 Å². The Balaban J connectivity index is 2.09. The molecule has 7 nitrogen and oxygen atoms in total. The van der Waals surface area contributed by atoms with Crippen molar-refractivity contribution < 1.29 is 18.0 Å². The summed E-state index contributed by atoms with van der Waals surface area (Å²) in [6.07, 6.45) is 0.166. The molecule has 0 radical (unpaired) electrons. The van der Waals surface area contributed by atoms with E-state index in [2.05, 4.69) is 10.0 Å². The van der Waals surface area contributed by atoms with Crippen molar-refractivity contribution in [2.24, 2.45) is 0 Å². The van der Waals surface area contributed by atoms with Crippen LogP contribution in [0.3, 0.4) is 0 Å². The van der Waals surface area contributed by atoms with Crippen LogP contribution in [-0.2, 0) is 19.6 Å². The zero-order valence-electron chi connectivity index (χ0n) is 11.8. The molecule has 1 aliphatic rings. The van der Waals surface area contributed by atoms with E-state index < -0.39 is 16.1 Å². The van der Waals surface area contributed by atoms with Crippen LogP contribution in [0.2, 0.25) is 0 Å². The number of hydrogen-bond acceptors (Lipinski definition) is 4. The van der Waals surface area contributed by atoms with E-state index in [4.69, 9.17) is 0 Å². The third kappa shape index (κ3) is 3.79. The number of hydrogen-bond donors (Lipinski definition) is 2. The zero-order valence-corrected chi connectivity index (χ0v) is 12.6. The van der Waals surface area contributed by atoms with Gasteiger partial charge in [-0.05, 0) is 24.3 Å². The van der Waals surface area contributed by atoms with Crippen LogP contribution in [0.4, 0.5) is 5.69 Å². The first-order chi connectivity index (χ1) is 9.78. The number of nitrogens with one attached hydrogen (secondary N) is 2. The Hall–Kier alpha value is -1.93. The molecule has 114 valence electrons. The number of amides is 2. The second kappa shape index (κ2) is 5.82. The van der Waals surface area contributed by atoms with E-state index in [1.807, 2.05) is 0 Å². The van der Waals surface area contributed by atoms with Gasteiger partial charge in [-0.2, -0.15) is 0 Å². The molecule has 1 saturated heterocycles. The van der Waals surface area contributed by atoms with Crippen LogP contribution in [-0.4, -0.2) is 44.8 Å². The lowest BCUT2D eigenvalue weighted by Crippen LogP contribution is -2.36. The maximum atomic E-state index is 12.2. The lowest BCUT2D eigenvalue weighted by atomic mass is 10.3. The molecule has 0 spiro atoms. The van der Waals surface area contributed by atoms with Crippen molar-refractivity contribution in [2.45, 2.75) is 24.3 Å². The number of rotatable bonds is 4. The van der Waals surface area contributed by atoms with Gasteiger partial charge >= 0.3 is 0 Å². The van der Waals surface area contributed by atoms with Gasteiger partial charge in [-0.3, -0.25) is 9.59 Å². The molecule has 1 unspecified atom stereocenters. The fraction of sp³-hybridized carbons (Fsp3) is 0.385. The van der Waals surface area contributed by atoms with Crippen LogP contribution in [0.5, 0.6) is 0 Å². The summed E-state index contributed by atoms with van der Waals surface area (Å²) < 4.78 is 26.9. The molecule has 1 aromatic rings. The number of sulfonamides is 1. The second-order valence-electron chi connectivity index (χ2n) is 5.00. The third-order valence-electron chi connectivity index (χ3n) is 3.15. The molecule has 1 aliphatic heterocycles. The molecule has 2 amide bonds. The molecule has 1 heterocycles. The van der Waals surface area contributed by atoms with Gasteiger partial charge in [0.2, 0.25) is 21.8 Å². The first kappa shape index (κ1) is 15.5. The van der Waals surface area contributed by atoms with E-state index in [-0.39, 0.29) is 23.1 Å². The van der Waals surface area contributed by atoms with Crippen LogP contribution in [0.1, 0.15) is 13.3 Å². The normalized spacial score (nSPS) is 18.9. The Morgan fingerprint density at radius 3 is 2.38 bits per heavy atom. The Kier molecular flexibility index (Phi) is 4.29. The summed E-state index contributed by atoms with van der Waals surface area (Å²) in [4.78, 5) is 23.9. The monoisotopic (exact) mass is 311 g/mol. The van der Waals surface area contributed by atoms with Gasteiger partial charge in [-0.25, -0.2) is 13.1 Å². The largest absolute Gasteiger partial charge is 0.344 e. The Morgan fingerprint density at radius 2 is 1.90 bits per heavy atom. The Bertz CT molecular complexity index is 654. The van der Waals surface area contributed by atoms with Crippen LogP contribution < -0.4 is 10.0 Å². The summed E-state index contributed by atoms with van der Waals surface area (Å²) in [6, 6.07) is 5.44. The summed E-state index contributed by atoms with van der Waals surface area (Å²) in [5.74, 6) is -0.306. The molecule has 0 saturated carbocycles. The first-order valence-corrected chi connectivity index (χ1v) is 7.90. The number of carbonyl (C=O) groups excluding carboxylic acids is 2. The number of likely N-dealkylation sites (N-methyl/N-ethyl adjacent to an activating group) is 1. The smallest absolute Gasteiger partial charge is 0.240 e. The SMILES string of the molecule is CC(=O)Nc1ccc(S(=O)(=O)NC2CC(=O)N(C)C2)cc1. The predicted molar refractivity (Wildman–Crippen MR) is 77.1 cm³/mol. The minimum Gasteiger partial charge on any atom is -0.344 e. The summed E-state index contributed by atoms with van der Waals surface area (Å²) in [5.41, 5.74) is 0.525. The molecular formula is C13H17N3O4S. The Morgan fingerprint density at radius 1 is 1.29 bits per heavy atom. The summed E-state index contributed by atoms with van der Waals surface area (Å²) in [7, 11) is -2.04. The van der Waals surface area contributed by atoms with Crippen LogP contribution in [0.25, 0.3) is 0 Å². The molecule has 0 bridgehead atoms. The highest BCUT2D eigenvalue weighted by molar-refractivity contribution is 7.89. The topological polar surface area (TPSA) is 95.6 Å². The van der Waals surface area contributed by atoms with Crippen LogP contribution in [0, 0.1) is 0 Å². The van der Waals surface area contributed by atoms with E-state index in [9.17, 15) is 18.0 Å². The molecule has 21 heavy (non-hydrogen) atoms. The van der Waals surface area contributed by atoms with Gasteiger partial charge in [-0.1, -0.05) is 0 Å². The number of carbonyl (C=O) groups is 2. The minimum absolute atomic E-state index is 0.0799. The van der Waals surface area contributed by atoms with Gasteiger partial charge in [0.1, 0.15) is 0 Å². The zero-order chi connectivity index (χ0) is 15.6. The van der Waals surface area contributed by atoms with Gasteiger partial charge in [0.25, 0.3) is 0 Å². The van der Waals surface area contributed by atoms with E-state index in [0.29, 0.717) is 12.2 Å². The highest BCUT2D eigenvalue weighted by Gasteiger charge is 2.30. The predicted octanol–water partition coefficient (Wildman–Crippen LogP) is 0.154. The molecule has 2 N–H and O–H groups in total. The standard InChI is InChI=1S/C13H17N3O4S/c1-9(17)14-10-3-5-12(6-4-10)21(19,20)15-11-7-13(18)16(2)8-11/h3-6,11,15H,7-8H2,1-2H3,(H,14,17). The van der Waals surface area contributed by atoms with Crippen molar-refractivity contribution in [1.29, 1.82) is 0 Å². The van der Waals surface area contributed by atoms with Crippen molar-refractivity contribution in [2.75, 3.05) is 18.9 Å². The molecule has 1 aromatic carbocycles. The van der Waals surface area contributed by atoms with E-state index >= 15 is 0 Å². The summed E-state index contributed by atoms with van der Waals surface area (Å²) in [5, 5.41) is 2.56. The van der Waals surface area contributed by atoms with Crippen molar-refractivity contribution in [3.05, 3.63) is 24.3 Å². The molecule has 0 aliphatic carbocycles. The van der Waals surface area contributed by atoms with Crippen molar-refractivity contribution in [1.82, 2.24) is 9.62 Å². The molecule has 2 rings (SSSR count). The Labute approximate surface area is 123 Å². The number of nitrogens with zero attached hydrogens (tertiary/aromatic N) is 1. The highest BCUT2D eigenvalue weighted by atomic mass is 32.2. The quantitative estimate of drug-likeness (QED) is 0.827. The number of likely N-dealkylation sites (tertiary alicyclic amines) is 1. The average molecular weight is 311 g/mol. The van der Waals surface area contributed by atoms with Crippen molar-refractivity contribution >= 4 is 27.5 Å². The lowest BCUT2D eigenvalue weighted by Gasteiger charge is -2.13. The minimum atomic E-state index is -3.68. The molecular weight excluding hydrogens is 294 g/mol. The van der Waals surface area contributed by atoms with Crippen LogP contribution in [0.15, 0.2) is 29.2 Å². The van der Waals surface area contributed by atoms with E-state index in [0.717, 1.165) is 0 Å². The number of benzene rings is 1. The van der Waals surface area contributed by atoms with Gasteiger partial charge in [-0.15, -0.1) is 0 Å². The molecule has 1 fully saturated rings. The molecule has 8 heteroatoms. The lowest BCUT2D eigenvalue weighted by molar-refractivity contribution is -0.126. The average Bonchev–Trinajstić information content (AvgIpc) is 2.67. The molecule has 0 aromatic heterocycles. The fourth-order valence-electron chi connectivity index (χ4n) is 2.15. The van der Waals surface area contributed by atoms with Gasteiger partial charge < -0.3 is 10.2 Å². The van der Waals surface area contributed by atoms with Gasteiger partial charge in [0.15, 0.2) is 0 Å². The van der Waals surface area contributed by atoms with Crippen molar-refractivity contribution in [3.63, 3.8) is 0 Å².